The smallest absolute Gasteiger partial charge is 0.272 e. The number of hydrogen-bond acceptors (Lipinski definition) is 5. The van der Waals surface area contributed by atoms with Crippen LogP contribution in [0.25, 0.3) is 0 Å². The van der Waals surface area contributed by atoms with Gasteiger partial charge in [0, 0.05) is 17.7 Å². The van der Waals surface area contributed by atoms with E-state index < -0.39 is 14.8 Å². The Balaban J connectivity index is 2.17. The van der Waals surface area contributed by atoms with Crippen molar-refractivity contribution in [3.63, 3.8) is 0 Å². The number of nitrogens with zero attached hydrogens (tertiary/aromatic N) is 1. The van der Waals surface area contributed by atoms with Crippen LogP contribution in [0.1, 0.15) is 12.0 Å². The summed E-state index contributed by atoms with van der Waals surface area (Å²) in [7, 11) is -1.17. The van der Waals surface area contributed by atoms with Crippen LogP contribution in [-0.4, -0.2) is 37.9 Å². The van der Waals surface area contributed by atoms with Gasteiger partial charge in [-0.05, 0) is 25.8 Å². The van der Waals surface area contributed by atoms with Gasteiger partial charge in [0.1, 0.15) is 0 Å². The third-order valence-corrected chi connectivity index (χ3v) is 5.63. The lowest BCUT2D eigenvalue weighted by atomic mass is 9.92. The number of benzene rings is 1. The molecule has 1 saturated heterocycles. The first-order chi connectivity index (χ1) is 9.43. The Morgan fingerprint density at radius 1 is 1.45 bits per heavy atom. The molecule has 2 unspecified atom stereocenters. The summed E-state index contributed by atoms with van der Waals surface area (Å²) in [4.78, 5) is 10.6. The van der Waals surface area contributed by atoms with Crippen molar-refractivity contribution in [1.29, 1.82) is 0 Å². The molecule has 1 N–H and O–H groups in total. The number of nitro benzene ring substituents is 1. The maximum absolute atomic E-state index is 11.6. The van der Waals surface area contributed by atoms with E-state index in [-0.39, 0.29) is 29.2 Å². The Kier molecular flexibility index (Phi) is 4.39. The quantitative estimate of drug-likeness (QED) is 0.651. The molecule has 0 saturated carbocycles. The first kappa shape index (κ1) is 14.9. The third-order valence-electron chi connectivity index (χ3n) is 3.84. The van der Waals surface area contributed by atoms with Crippen LogP contribution in [-0.2, 0) is 16.3 Å². The van der Waals surface area contributed by atoms with Gasteiger partial charge in [-0.25, -0.2) is 8.42 Å². The second kappa shape index (κ2) is 5.88. The van der Waals surface area contributed by atoms with Crippen molar-refractivity contribution >= 4 is 15.5 Å². The number of sulfone groups is 1. The Hall–Kier alpha value is -1.47. The zero-order valence-electron chi connectivity index (χ0n) is 11.3. The maximum atomic E-state index is 11.6. The lowest BCUT2D eigenvalue weighted by molar-refractivity contribution is -0.385. The van der Waals surface area contributed by atoms with E-state index in [1.807, 2.05) is 0 Å². The minimum atomic E-state index is -2.94. The SMILES string of the molecule is CNC(Cc1ccccc1[N+](=O)[O-])C1CCS(=O)(=O)C1. The van der Waals surface area contributed by atoms with Crippen LogP contribution in [0.4, 0.5) is 5.69 Å². The molecular formula is C13H18N2O4S. The highest BCUT2D eigenvalue weighted by molar-refractivity contribution is 7.91. The molecule has 2 atom stereocenters. The van der Waals surface area contributed by atoms with Gasteiger partial charge in [-0.2, -0.15) is 0 Å². The Morgan fingerprint density at radius 2 is 2.15 bits per heavy atom. The van der Waals surface area contributed by atoms with E-state index in [0.29, 0.717) is 18.4 Å². The summed E-state index contributed by atoms with van der Waals surface area (Å²) in [6.07, 6.45) is 1.09. The molecule has 1 aromatic carbocycles. The third kappa shape index (κ3) is 3.34. The number of rotatable bonds is 5. The van der Waals surface area contributed by atoms with Crippen LogP contribution in [0.15, 0.2) is 24.3 Å². The van der Waals surface area contributed by atoms with Gasteiger partial charge < -0.3 is 5.32 Å². The zero-order valence-corrected chi connectivity index (χ0v) is 12.1. The highest BCUT2D eigenvalue weighted by Crippen LogP contribution is 2.26. The molecule has 0 radical (unpaired) electrons. The molecule has 1 aliphatic rings. The van der Waals surface area contributed by atoms with E-state index in [0.717, 1.165) is 0 Å². The van der Waals surface area contributed by atoms with Crippen LogP contribution in [0, 0.1) is 16.0 Å². The average molecular weight is 298 g/mol. The number of nitrogens with one attached hydrogen (secondary N) is 1. The lowest BCUT2D eigenvalue weighted by Crippen LogP contribution is -2.36. The van der Waals surface area contributed by atoms with Gasteiger partial charge in [0.25, 0.3) is 5.69 Å². The van der Waals surface area contributed by atoms with Gasteiger partial charge in [-0.15, -0.1) is 0 Å². The van der Waals surface area contributed by atoms with Crippen molar-refractivity contribution in [2.75, 3.05) is 18.6 Å². The summed E-state index contributed by atoms with van der Waals surface area (Å²) in [5.74, 6) is 0.399. The highest BCUT2D eigenvalue weighted by atomic mass is 32.2. The molecule has 0 bridgehead atoms. The summed E-state index contributed by atoms with van der Waals surface area (Å²) in [5.41, 5.74) is 0.731. The van der Waals surface area contributed by atoms with Gasteiger partial charge in [0.05, 0.1) is 16.4 Å². The average Bonchev–Trinajstić information content (AvgIpc) is 2.76. The zero-order chi connectivity index (χ0) is 14.8. The van der Waals surface area contributed by atoms with Crippen molar-refractivity contribution in [2.24, 2.45) is 5.92 Å². The van der Waals surface area contributed by atoms with E-state index in [1.54, 1.807) is 25.2 Å². The Labute approximate surface area is 118 Å². The molecule has 1 heterocycles. The molecule has 0 aliphatic carbocycles. The van der Waals surface area contributed by atoms with Crippen molar-refractivity contribution in [3.05, 3.63) is 39.9 Å². The van der Waals surface area contributed by atoms with Crippen LogP contribution in [0.3, 0.4) is 0 Å². The minimum absolute atomic E-state index is 0.0183. The van der Waals surface area contributed by atoms with E-state index >= 15 is 0 Å². The van der Waals surface area contributed by atoms with Gasteiger partial charge in [0.2, 0.25) is 0 Å². The summed E-state index contributed by atoms with van der Waals surface area (Å²) in [6.45, 7) is 0. The Morgan fingerprint density at radius 3 is 2.70 bits per heavy atom. The largest absolute Gasteiger partial charge is 0.316 e. The van der Waals surface area contributed by atoms with E-state index in [1.165, 1.54) is 6.07 Å². The normalized spacial score (nSPS) is 22.6. The van der Waals surface area contributed by atoms with Gasteiger partial charge in [-0.1, -0.05) is 18.2 Å². The van der Waals surface area contributed by atoms with E-state index in [2.05, 4.69) is 5.32 Å². The summed E-state index contributed by atoms with van der Waals surface area (Å²) >= 11 is 0. The second-order valence-electron chi connectivity index (χ2n) is 5.15. The fourth-order valence-electron chi connectivity index (χ4n) is 2.74. The highest BCUT2D eigenvalue weighted by Gasteiger charge is 2.33. The summed E-state index contributed by atoms with van der Waals surface area (Å²) in [5, 5.41) is 14.1. The fraction of sp³-hybridized carbons (Fsp3) is 0.538. The lowest BCUT2D eigenvalue weighted by Gasteiger charge is -2.22. The molecule has 20 heavy (non-hydrogen) atoms. The molecule has 2 rings (SSSR count). The van der Waals surface area contributed by atoms with Crippen LogP contribution in [0.2, 0.25) is 0 Å². The fourth-order valence-corrected chi connectivity index (χ4v) is 4.62. The molecule has 6 nitrogen and oxygen atoms in total. The number of nitro groups is 1. The number of hydrogen-bond donors (Lipinski definition) is 1. The molecular weight excluding hydrogens is 280 g/mol. The predicted molar refractivity (Wildman–Crippen MR) is 76.4 cm³/mol. The van der Waals surface area contributed by atoms with Crippen molar-refractivity contribution in [1.82, 2.24) is 5.32 Å². The molecule has 1 aliphatic heterocycles. The number of para-hydroxylation sites is 1. The summed E-state index contributed by atoms with van der Waals surface area (Å²) < 4.78 is 23.1. The topological polar surface area (TPSA) is 89.3 Å². The minimum Gasteiger partial charge on any atom is -0.316 e. The van der Waals surface area contributed by atoms with E-state index in [9.17, 15) is 18.5 Å². The van der Waals surface area contributed by atoms with Crippen LogP contribution >= 0.6 is 0 Å². The number of likely N-dealkylation sites (N-methyl/N-ethyl adjacent to an activating group) is 1. The Bertz CT molecular complexity index is 600. The summed E-state index contributed by atoms with van der Waals surface area (Å²) in [6, 6.07) is 6.55. The van der Waals surface area contributed by atoms with E-state index in [4.69, 9.17) is 0 Å². The first-order valence-electron chi connectivity index (χ1n) is 6.53. The molecule has 1 aromatic rings. The van der Waals surface area contributed by atoms with Gasteiger partial charge >= 0.3 is 0 Å². The van der Waals surface area contributed by atoms with Crippen LogP contribution in [0.5, 0.6) is 0 Å². The first-order valence-corrected chi connectivity index (χ1v) is 8.35. The maximum Gasteiger partial charge on any atom is 0.272 e. The van der Waals surface area contributed by atoms with Crippen molar-refractivity contribution in [3.8, 4) is 0 Å². The van der Waals surface area contributed by atoms with Gasteiger partial charge in [-0.3, -0.25) is 10.1 Å². The molecule has 7 heteroatoms. The standard InChI is InChI=1S/C13H18N2O4S/c1-14-12(11-6-7-20(18,19)9-11)8-10-4-2-3-5-13(10)15(16)17/h2-5,11-12,14H,6-9H2,1H3. The molecule has 0 aromatic heterocycles. The molecule has 0 spiro atoms. The monoisotopic (exact) mass is 298 g/mol. The van der Waals surface area contributed by atoms with Crippen molar-refractivity contribution in [2.45, 2.75) is 18.9 Å². The van der Waals surface area contributed by atoms with Crippen molar-refractivity contribution < 1.29 is 13.3 Å². The molecule has 1 fully saturated rings. The van der Waals surface area contributed by atoms with Gasteiger partial charge in [0.15, 0.2) is 9.84 Å². The molecule has 110 valence electrons. The molecule has 0 amide bonds. The second-order valence-corrected chi connectivity index (χ2v) is 7.38. The predicted octanol–water partition coefficient (Wildman–Crippen LogP) is 1.16. The van der Waals surface area contributed by atoms with Crippen LogP contribution < -0.4 is 5.32 Å².